The number of amides is 1. The molecule has 7 heteroatoms. The minimum absolute atomic E-state index is 0.135. The van der Waals surface area contributed by atoms with E-state index in [0.29, 0.717) is 18.0 Å². The highest BCUT2D eigenvalue weighted by Gasteiger charge is 2.31. The number of para-hydroxylation sites is 1. The van der Waals surface area contributed by atoms with Crippen molar-refractivity contribution in [3.05, 3.63) is 84.4 Å². The molecule has 0 fully saturated rings. The number of hydrogen-bond acceptors (Lipinski definition) is 4. The van der Waals surface area contributed by atoms with Gasteiger partial charge >= 0.3 is 0 Å². The van der Waals surface area contributed by atoms with Crippen LogP contribution in [0.25, 0.3) is 0 Å². The van der Waals surface area contributed by atoms with Crippen molar-refractivity contribution in [2.75, 3.05) is 29.4 Å². The molecule has 0 aromatic heterocycles. The Balaban J connectivity index is 1.70. The van der Waals surface area contributed by atoms with E-state index in [2.05, 4.69) is 0 Å². The van der Waals surface area contributed by atoms with Gasteiger partial charge in [-0.3, -0.25) is 9.10 Å². The van der Waals surface area contributed by atoms with E-state index in [1.807, 2.05) is 24.3 Å². The van der Waals surface area contributed by atoms with Gasteiger partial charge in [-0.15, -0.1) is 0 Å². The summed E-state index contributed by atoms with van der Waals surface area (Å²) in [6.07, 6.45) is 0.760. The van der Waals surface area contributed by atoms with Crippen molar-refractivity contribution in [1.29, 1.82) is 0 Å². The fourth-order valence-corrected chi connectivity index (χ4v) is 5.02. The van der Waals surface area contributed by atoms with E-state index in [0.717, 1.165) is 22.0 Å². The highest BCUT2D eigenvalue weighted by atomic mass is 32.2. The first kappa shape index (κ1) is 20.0. The van der Waals surface area contributed by atoms with Gasteiger partial charge in [0, 0.05) is 12.2 Å². The van der Waals surface area contributed by atoms with E-state index in [9.17, 15) is 13.2 Å². The zero-order chi connectivity index (χ0) is 21.1. The summed E-state index contributed by atoms with van der Waals surface area (Å²) in [6.45, 7) is 0.248. The molecule has 3 aromatic carbocycles. The topological polar surface area (TPSA) is 66.9 Å². The summed E-state index contributed by atoms with van der Waals surface area (Å²) in [5.41, 5.74) is 2.34. The van der Waals surface area contributed by atoms with Crippen LogP contribution in [0.1, 0.15) is 5.56 Å². The van der Waals surface area contributed by atoms with E-state index >= 15 is 0 Å². The Kier molecular flexibility index (Phi) is 5.46. The first-order valence-electron chi connectivity index (χ1n) is 9.61. The summed E-state index contributed by atoms with van der Waals surface area (Å²) in [7, 11) is -2.39. The van der Waals surface area contributed by atoms with Crippen molar-refractivity contribution >= 4 is 27.3 Å². The molecule has 1 heterocycles. The lowest BCUT2D eigenvalue weighted by Gasteiger charge is -2.27. The van der Waals surface area contributed by atoms with Crippen LogP contribution in [0.15, 0.2) is 83.8 Å². The molecule has 3 aromatic rings. The van der Waals surface area contributed by atoms with Gasteiger partial charge in [0.15, 0.2) is 0 Å². The zero-order valence-electron chi connectivity index (χ0n) is 16.6. The number of anilines is 2. The van der Waals surface area contributed by atoms with Gasteiger partial charge in [0.05, 0.1) is 17.7 Å². The van der Waals surface area contributed by atoms with Gasteiger partial charge in [0.25, 0.3) is 10.0 Å². The number of methoxy groups -OCH3 is 1. The number of sulfonamides is 1. The molecule has 6 nitrogen and oxygen atoms in total. The number of ether oxygens (including phenoxy) is 1. The molecule has 0 bridgehead atoms. The number of benzene rings is 3. The number of rotatable bonds is 6. The average molecular weight is 423 g/mol. The Bertz CT molecular complexity index is 1150. The van der Waals surface area contributed by atoms with Crippen molar-refractivity contribution in [2.45, 2.75) is 11.3 Å². The first-order valence-corrected chi connectivity index (χ1v) is 11.0. The number of nitrogens with zero attached hydrogens (tertiary/aromatic N) is 2. The molecule has 1 amide bonds. The SMILES string of the molecule is COc1ccc(N(CC(=O)N2CCc3ccccc32)S(=O)(=O)c2ccccc2)cc1. The number of carbonyl (C=O) groups excluding carboxylic acids is 1. The van der Waals surface area contributed by atoms with E-state index in [1.54, 1.807) is 54.5 Å². The lowest BCUT2D eigenvalue weighted by Crippen LogP contribution is -2.42. The second-order valence-electron chi connectivity index (χ2n) is 6.95. The van der Waals surface area contributed by atoms with Crippen LogP contribution in [0.3, 0.4) is 0 Å². The second-order valence-corrected chi connectivity index (χ2v) is 8.81. The third kappa shape index (κ3) is 3.76. The number of hydrogen-bond donors (Lipinski definition) is 0. The molecule has 30 heavy (non-hydrogen) atoms. The molecule has 154 valence electrons. The highest BCUT2D eigenvalue weighted by molar-refractivity contribution is 7.92. The molecule has 0 spiro atoms. The maximum atomic E-state index is 13.4. The van der Waals surface area contributed by atoms with Crippen molar-refractivity contribution in [2.24, 2.45) is 0 Å². The van der Waals surface area contributed by atoms with Crippen LogP contribution in [0.2, 0.25) is 0 Å². The molecule has 0 aliphatic carbocycles. The summed E-state index contributed by atoms with van der Waals surface area (Å²) in [4.78, 5) is 15.0. The highest BCUT2D eigenvalue weighted by Crippen LogP contribution is 2.30. The van der Waals surface area contributed by atoms with Crippen LogP contribution in [0.5, 0.6) is 5.75 Å². The van der Waals surface area contributed by atoms with Gasteiger partial charge in [-0.05, 0) is 54.4 Å². The van der Waals surface area contributed by atoms with Crippen molar-refractivity contribution in [3.8, 4) is 5.75 Å². The van der Waals surface area contributed by atoms with Crippen molar-refractivity contribution in [3.63, 3.8) is 0 Å². The molecule has 0 atom stereocenters. The van der Waals surface area contributed by atoms with Crippen LogP contribution >= 0.6 is 0 Å². The average Bonchev–Trinajstić information content (AvgIpc) is 3.22. The first-order chi connectivity index (χ1) is 14.5. The zero-order valence-corrected chi connectivity index (χ0v) is 17.4. The third-order valence-corrected chi connectivity index (χ3v) is 6.95. The molecule has 0 radical (unpaired) electrons. The predicted octanol–water partition coefficient (Wildman–Crippen LogP) is 3.48. The summed E-state index contributed by atoms with van der Waals surface area (Å²) >= 11 is 0. The van der Waals surface area contributed by atoms with Crippen LogP contribution in [0.4, 0.5) is 11.4 Å². The lowest BCUT2D eigenvalue weighted by atomic mass is 10.2. The largest absolute Gasteiger partial charge is 0.497 e. The lowest BCUT2D eigenvalue weighted by molar-refractivity contribution is -0.117. The van der Waals surface area contributed by atoms with E-state index < -0.39 is 10.0 Å². The van der Waals surface area contributed by atoms with Gasteiger partial charge < -0.3 is 9.64 Å². The minimum atomic E-state index is -3.93. The maximum absolute atomic E-state index is 13.4. The Morgan fingerprint density at radius 3 is 2.33 bits per heavy atom. The molecule has 1 aliphatic rings. The van der Waals surface area contributed by atoms with Crippen molar-refractivity contribution in [1.82, 2.24) is 0 Å². The van der Waals surface area contributed by atoms with Crippen LogP contribution < -0.4 is 13.9 Å². The van der Waals surface area contributed by atoms with Crippen molar-refractivity contribution < 1.29 is 17.9 Å². The van der Waals surface area contributed by atoms with Gasteiger partial charge in [0.1, 0.15) is 12.3 Å². The van der Waals surface area contributed by atoms with Gasteiger partial charge in [0.2, 0.25) is 5.91 Å². The third-order valence-electron chi connectivity index (χ3n) is 5.16. The van der Waals surface area contributed by atoms with Gasteiger partial charge in [-0.25, -0.2) is 8.42 Å². The van der Waals surface area contributed by atoms with Crippen LogP contribution in [-0.2, 0) is 21.2 Å². The molecule has 0 saturated heterocycles. The van der Waals surface area contributed by atoms with Gasteiger partial charge in [-0.2, -0.15) is 0 Å². The molecule has 0 N–H and O–H groups in total. The van der Waals surface area contributed by atoms with E-state index in [4.69, 9.17) is 4.74 Å². The monoisotopic (exact) mass is 422 g/mol. The fourth-order valence-electron chi connectivity index (χ4n) is 3.59. The Labute approximate surface area is 176 Å². The Morgan fingerprint density at radius 1 is 0.967 bits per heavy atom. The normalized spacial score (nSPS) is 13.0. The summed E-state index contributed by atoms with van der Waals surface area (Å²) in [6, 6.07) is 22.5. The second kappa shape index (κ2) is 8.20. The molecule has 0 saturated carbocycles. The molecule has 4 rings (SSSR count). The summed E-state index contributed by atoms with van der Waals surface area (Å²) < 4.78 is 33.1. The summed E-state index contributed by atoms with van der Waals surface area (Å²) in [5, 5.41) is 0. The standard InChI is InChI=1S/C23H22N2O4S/c1-29-20-13-11-19(12-14-20)25(30(27,28)21-8-3-2-4-9-21)17-23(26)24-16-15-18-7-5-6-10-22(18)24/h2-14H,15-17H2,1H3. The van der Waals surface area contributed by atoms with Crippen LogP contribution in [0, 0.1) is 0 Å². The fraction of sp³-hybridized carbons (Fsp3) is 0.174. The Morgan fingerprint density at radius 2 is 1.63 bits per heavy atom. The van der Waals surface area contributed by atoms with Gasteiger partial charge in [-0.1, -0.05) is 36.4 Å². The summed E-state index contributed by atoms with van der Waals surface area (Å²) in [5.74, 6) is 0.339. The smallest absolute Gasteiger partial charge is 0.264 e. The number of fused-ring (bicyclic) bond motifs is 1. The predicted molar refractivity (Wildman–Crippen MR) is 116 cm³/mol. The van der Waals surface area contributed by atoms with Crippen LogP contribution in [-0.4, -0.2) is 34.5 Å². The minimum Gasteiger partial charge on any atom is -0.497 e. The molecule has 0 unspecified atom stereocenters. The maximum Gasteiger partial charge on any atom is 0.264 e. The van der Waals surface area contributed by atoms with E-state index in [-0.39, 0.29) is 17.3 Å². The van der Waals surface area contributed by atoms with E-state index in [1.165, 1.54) is 12.1 Å². The molecular formula is C23H22N2O4S. The Hall–Kier alpha value is -3.32. The molecule has 1 aliphatic heterocycles. The quantitative estimate of drug-likeness (QED) is 0.610. The number of carbonyl (C=O) groups is 1. The molecular weight excluding hydrogens is 400 g/mol.